The molecule has 0 amide bonds. The number of methoxy groups -OCH3 is 1. The molecule has 0 saturated heterocycles. The van der Waals surface area contributed by atoms with E-state index in [9.17, 15) is 0 Å². The molecule has 1 aromatic carbocycles. The molecule has 0 unspecified atom stereocenters. The van der Waals surface area contributed by atoms with Gasteiger partial charge in [0.1, 0.15) is 5.75 Å². The van der Waals surface area contributed by atoms with E-state index in [0.29, 0.717) is 0 Å². The van der Waals surface area contributed by atoms with Crippen LogP contribution in [0.1, 0.15) is 5.56 Å². The molecule has 0 bridgehead atoms. The van der Waals surface area contributed by atoms with Crippen LogP contribution in [-0.2, 0) is 5.75 Å². The maximum Gasteiger partial charge on any atom is 0.120 e. The van der Waals surface area contributed by atoms with E-state index in [1.165, 1.54) is 5.56 Å². The first kappa shape index (κ1) is 8.94. The van der Waals surface area contributed by atoms with Gasteiger partial charge in [-0.25, -0.2) is 0 Å². The lowest BCUT2D eigenvalue weighted by Crippen LogP contribution is -1.85. The molecular formula is C8H9BrOS. The summed E-state index contributed by atoms with van der Waals surface area (Å²) in [6.07, 6.45) is 0. The molecule has 1 aromatic rings. The van der Waals surface area contributed by atoms with E-state index < -0.39 is 0 Å². The quantitative estimate of drug-likeness (QED) is 0.772. The number of rotatable bonds is 2. The van der Waals surface area contributed by atoms with Crippen LogP contribution >= 0.6 is 28.6 Å². The van der Waals surface area contributed by atoms with Gasteiger partial charge < -0.3 is 4.74 Å². The van der Waals surface area contributed by atoms with Gasteiger partial charge in [-0.05, 0) is 17.7 Å². The van der Waals surface area contributed by atoms with E-state index in [4.69, 9.17) is 4.74 Å². The van der Waals surface area contributed by atoms with Crippen LogP contribution in [0.25, 0.3) is 0 Å². The number of thiol groups is 1. The van der Waals surface area contributed by atoms with Crippen LogP contribution in [0, 0.1) is 0 Å². The van der Waals surface area contributed by atoms with E-state index in [-0.39, 0.29) is 0 Å². The maximum atomic E-state index is 5.04. The van der Waals surface area contributed by atoms with Crippen molar-refractivity contribution in [1.82, 2.24) is 0 Å². The summed E-state index contributed by atoms with van der Waals surface area (Å²) in [5, 5.41) is 0. The second kappa shape index (κ2) is 4.02. The van der Waals surface area contributed by atoms with Gasteiger partial charge in [-0.2, -0.15) is 12.6 Å². The van der Waals surface area contributed by atoms with Crippen molar-refractivity contribution >= 4 is 28.6 Å². The summed E-state index contributed by atoms with van der Waals surface area (Å²) in [5.74, 6) is 1.60. The summed E-state index contributed by atoms with van der Waals surface area (Å²) in [7, 11) is 1.65. The van der Waals surface area contributed by atoms with E-state index in [2.05, 4.69) is 28.6 Å². The highest BCUT2D eigenvalue weighted by Crippen LogP contribution is 2.23. The third-order valence-corrected chi connectivity index (χ3v) is 2.51. The monoisotopic (exact) mass is 232 g/mol. The van der Waals surface area contributed by atoms with Gasteiger partial charge in [0.05, 0.1) is 7.11 Å². The number of hydrogen-bond acceptors (Lipinski definition) is 2. The Labute approximate surface area is 80.3 Å². The molecule has 1 nitrogen and oxygen atoms in total. The Balaban J connectivity index is 2.99. The smallest absolute Gasteiger partial charge is 0.120 e. The molecule has 0 saturated carbocycles. The molecule has 0 heterocycles. The van der Waals surface area contributed by atoms with Crippen molar-refractivity contribution in [3.8, 4) is 5.75 Å². The summed E-state index contributed by atoms with van der Waals surface area (Å²) >= 11 is 7.59. The summed E-state index contributed by atoms with van der Waals surface area (Å²) < 4.78 is 6.09. The second-order valence-corrected chi connectivity index (χ2v) is 3.29. The third kappa shape index (κ3) is 2.14. The normalized spacial score (nSPS) is 9.73. The zero-order valence-corrected chi connectivity index (χ0v) is 8.65. The number of halogens is 1. The van der Waals surface area contributed by atoms with Crippen molar-refractivity contribution in [3.05, 3.63) is 28.2 Å². The van der Waals surface area contributed by atoms with Crippen LogP contribution in [0.15, 0.2) is 22.7 Å². The molecule has 0 aromatic heterocycles. The fourth-order valence-corrected chi connectivity index (χ4v) is 1.77. The van der Waals surface area contributed by atoms with Gasteiger partial charge in [0.25, 0.3) is 0 Å². The SMILES string of the molecule is COc1ccc(CS)c(Br)c1. The van der Waals surface area contributed by atoms with E-state index >= 15 is 0 Å². The number of ether oxygens (including phenoxy) is 1. The summed E-state index contributed by atoms with van der Waals surface area (Å²) in [5.41, 5.74) is 1.18. The van der Waals surface area contributed by atoms with E-state index in [1.54, 1.807) is 7.11 Å². The Morgan fingerprint density at radius 3 is 2.73 bits per heavy atom. The average molecular weight is 233 g/mol. The van der Waals surface area contributed by atoms with Gasteiger partial charge in [0, 0.05) is 10.2 Å². The minimum atomic E-state index is 0.741. The van der Waals surface area contributed by atoms with Crippen molar-refractivity contribution in [3.63, 3.8) is 0 Å². The van der Waals surface area contributed by atoms with Crippen LogP contribution in [0.3, 0.4) is 0 Å². The predicted octanol–water partition coefficient (Wildman–Crippen LogP) is 2.89. The van der Waals surface area contributed by atoms with Crippen LogP contribution in [0.5, 0.6) is 5.75 Å². The van der Waals surface area contributed by atoms with Crippen LogP contribution in [-0.4, -0.2) is 7.11 Å². The first-order valence-corrected chi connectivity index (χ1v) is 4.63. The van der Waals surface area contributed by atoms with Crippen LogP contribution < -0.4 is 4.74 Å². The van der Waals surface area contributed by atoms with Gasteiger partial charge in [0.15, 0.2) is 0 Å². The zero-order chi connectivity index (χ0) is 8.27. The summed E-state index contributed by atoms with van der Waals surface area (Å²) in [6.45, 7) is 0. The minimum Gasteiger partial charge on any atom is -0.497 e. The zero-order valence-electron chi connectivity index (χ0n) is 6.17. The van der Waals surface area contributed by atoms with Crippen molar-refractivity contribution in [2.75, 3.05) is 7.11 Å². The Hall–Kier alpha value is -0.150. The van der Waals surface area contributed by atoms with Crippen molar-refractivity contribution in [2.24, 2.45) is 0 Å². The van der Waals surface area contributed by atoms with Gasteiger partial charge in [0.2, 0.25) is 0 Å². The number of benzene rings is 1. The van der Waals surface area contributed by atoms with Crippen molar-refractivity contribution in [1.29, 1.82) is 0 Å². The lowest BCUT2D eigenvalue weighted by Gasteiger charge is -2.03. The predicted molar refractivity (Wildman–Crippen MR) is 53.4 cm³/mol. The molecule has 0 spiro atoms. The molecule has 0 radical (unpaired) electrons. The molecule has 0 atom stereocenters. The highest BCUT2D eigenvalue weighted by atomic mass is 79.9. The van der Waals surface area contributed by atoms with Gasteiger partial charge in [-0.3, -0.25) is 0 Å². The molecule has 0 N–H and O–H groups in total. The fourth-order valence-electron chi connectivity index (χ4n) is 0.783. The molecule has 0 aliphatic heterocycles. The largest absolute Gasteiger partial charge is 0.497 e. The van der Waals surface area contributed by atoms with Crippen molar-refractivity contribution in [2.45, 2.75) is 5.75 Å². The maximum absolute atomic E-state index is 5.04. The molecule has 11 heavy (non-hydrogen) atoms. The summed E-state index contributed by atoms with van der Waals surface area (Å²) in [6, 6.07) is 5.86. The second-order valence-electron chi connectivity index (χ2n) is 2.12. The summed E-state index contributed by atoms with van der Waals surface area (Å²) in [4.78, 5) is 0. The van der Waals surface area contributed by atoms with Crippen molar-refractivity contribution < 1.29 is 4.74 Å². The lowest BCUT2D eigenvalue weighted by atomic mass is 10.2. The average Bonchev–Trinajstić information content (AvgIpc) is 2.04. The van der Waals surface area contributed by atoms with Gasteiger partial charge in [-0.1, -0.05) is 22.0 Å². The Bertz CT molecular complexity index is 250. The molecule has 0 aliphatic carbocycles. The minimum absolute atomic E-state index is 0.741. The topological polar surface area (TPSA) is 9.23 Å². The Morgan fingerprint density at radius 1 is 1.55 bits per heavy atom. The third-order valence-electron chi connectivity index (χ3n) is 1.43. The Kier molecular flexibility index (Phi) is 3.27. The first-order chi connectivity index (χ1) is 5.27. The molecule has 60 valence electrons. The fraction of sp³-hybridized carbons (Fsp3) is 0.250. The molecular weight excluding hydrogens is 224 g/mol. The van der Waals surface area contributed by atoms with E-state index in [1.807, 2.05) is 18.2 Å². The van der Waals surface area contributed by atoms with Gasteiger partial charge in [-0.15, -0.1) is 0 Å². The van der Waals surface area contributed by atoms with E-state index in [0.717, 1.165) is 16.0 Å². The highest BCUT2D eigenvalue weighted by Gasteiger charge is 1.98. The number of hydrogen-bond donors (Lipinski definition) is 1. The Morgan fingerprint density at radius 2 is 2.27 bits per heavy atom. The lowest BCUT2D eigenvalue weighted by molar-refractivity contribution is 0.414. The van der Waals surface area contributed by atoms with Gasteiger partial charge >= 0.3 is 0 Å². The standard InChI is InChI=1S/C8H9BrOS/c1-10-7-3-2-6(5-11)8(9)4-7/h2-4,11H,5H2,1H3. The molecule has 0 fully saturated rings. The van der Waals surface area contributed by atoms with Crippen LogP contribution in [0.2, 0.25) is 0 Å². The van der Waals surface area contributed by atoms with Crippen LogP contribution in [0.4, 0.5) is 0 Å². The molecule has 3 heteroatoms. The molecule has 1 rings (SSSR count). The molecule has 0 aliphatic rings. The first-order valence-electron chi connectivity index (χ1n) is 3.21. The highest BCUT2D eigenvalue weighted by molar-refractivity contribution is 9.10.